The van der Waals surface area contributed by atoms with Crippen LogP contribution in [0.3, 0.4) is 0 Å². The molecule has 5 nitrogen and oxygen atoms in total. The van der Waals surface area contributed by atoms with Gasteiger partial charge in [0.2, 0.25) is 0 Å². The van der Waals surface area contributed by atoms with Crippen LogP contribution in [0, 0.1) is 0 Å². The van der Waals surface area contributed by atoms with Crippen molar-refractivity contribution < 1.29 is 9.90 Å². The zero-order chi connectivity index (χ0) is 14.5. The predicted octanol–water partition coefficient (Wildman–Crippen LogP) is 2.27. The lowest BCUT2D eigenvalue weighted by molar-refractivity contribution is -0.138. The fourth-order valence-corrected chi connectivity index (χ4v) is 2.42. The molecule has 1 aromatic carbocycles. The molecule has 1 aromatic heterocycles. The molecule has 0 saturated heterocycles. The van der Waals surface area contributed by atoms with Crippen LogP contribution < -0.4 is 0 Å². The van der Waals surface area contributed by atoms with Gasteiger partial charge in [0.25, 0.3) is 0 Å². The number of carbonyl (C=O) groups is 1. The van der Waals surface area contributed by atoms with Crippen molar-refractivity contribution in [3.63, 3.8) is 0 Å². The largest absolute Gasteiger partial charge is 0.480 e. The normalized spacial score (nSPS) is 10.9. The molecular weight excluding hydrogens is 322 g/mol. The van der Waals surface area contributed by atoms with Gasteiger partial charge >= 0.3 is 5.97 Å². The number of carboxylic acids is 1. The van der Waals surface area contributed by atoms with E-state index in [9.17, 15) is 4.79 Å². The molecule has 0 atom stereocenters. The van der Waals surface area contributed by atoms with E-state index in [-0.39, 0.29) is 6.54 Å². The summed E-state index contributed by atoms with van der Waals surface area (Å²) in [4.78, 5) is 12.9. The maximum Gasteiger partial charge on any atom is 0.317 e. The van der Waals surface area contributed by atoms with E-state index in [1.165, 1.54) is 0 Å². The lowest BCUT2D eigenvalue weighted by Gasteiger charge is -2.21. The first-order chi connectivity index (χ1) is 9.56. The van der Waals surface area contributed by atoms with E-state index in [0.29, 0.717) is 13.1 Å². The van der Waals surface area contributed by atoms with Gasteiger partial charge in [-0.05, 0) is 17.7 Å². The number of benzene rings is 1. The Hall–Kier alpha value is -1.66. The van der Waals surface area contributed by atoms with Gasteiger partial charge in [0.1, 0.15) is 0 Å². The number of hydrogen-bond acceptors (Lipinski definition) is 3. The summed E-state index contributed by atoms with van der Waals surface area (Å²) in [6.07, 6.45) is 1.71. The fraction of sp³-hybridized carbons (Fsp3) is 0.286. The van der Waals surface area contributed by atoms with E-state index in [1.807, 2.05) is 42.3 Å². The molecule has 2 aromatic rings. The van der Waals surface area contributed by atoms with Crippen molar-refractivity contribution >= 4 is 21.9 Å². The monoisotopic (exact) mass is 337 g/mol. The third kappa shape index (κ3) is 3.91. The number of nitrogens with zero attached hydrogens (tertiary/aromatic N) is 3. The van der Waals surface area contributed by atoms with Crippen LogP contribution in [0.25, 0.3) is 0 Å². The number of rotatable bonds is 6. The molecule has 1 heterocycles. The first kappa shape index (κ1) is 14.7. The van der Waals surface area contributed by atoms with Gasteiger partial charge in [-0.15, -0.1) is 0 Å². The Kier molecular flexibility index (Phi) is 4.92. The summed E-state index contributed by atoms with van der Waals surface area (Å²) in [6.45, 7) is 1.11. The molecule has 0 amide bonds. The van der Waals surface area contributed by atoms with Crippen LogP contribution in [0.5, 0.6) is 0 Å². The van der Waals surface area contributed by atoms with E-state index in [0.717, 1.165) is 15.7 Å². The highest BCUT2D eigenvalue weighted by molar-refractivity contribution is 9.10. The molecule has 0 aliphatic heterocycles. The van der Waals surface area contributed by atoms with Gasteiger partial charge in [0.05, 0.1) is 12.2 Å². The van der Waals surface area contributed by atoms with Crippen molar-refractivity contribution in [2.24, 2.45) is 7.05 Å². The molecule has 6 heteroatoms. The number of aromatic nitrogens is 2. The van der Waals surface area contributed by atoms with Crippen LogP contribution >= 0.6 is 15.9 Å². The van der Waals surface area contributed by atoms with Gasteiger partial charge in [0, 0.05) is 30.8 Å². The standard InChI is InChI=1S/C14H16BrN3O2/c1-17-12(6-7-16-17)9-18(10-14(19)20)8-11-4-2-3-5-13(11)15/h2-7H,8-10H2,1H3,(H,19,20). The van der Waals surface area contributed by atoms with Gasteiger partial charge in [-0.1, -0.05) is 34.1 Å². The third-order valence-corrected chi connectivity index (χ3v) is 3.79. The molecule has 0 fully saturated rings. The molecule has 1 N–H and O–H groups in total. The lowest BCUT2D eigenvalue weighted by Crippen LogP contribution is -2.29. The van der Waals surface area contributed by atoms with E-state index in [2.05, 4.69) is 21.0 Å². The zero-order valence-corrected chi connectivity index (χ0v) is 12.7. The minimum absolute atomic E-state index is 0.00743. The summed E-state index contributed by atoms with van der Waals surface area (Å²) in [5.41, 5.74) is 2.05. The van der Waals surface area contributed by atoms with Crippen LogP contribution in [0.15, 0.2) is 41.0 Å². The maximum atomic E-state index is 11.0. The number of aryl methyl sites for hydroxylation is 1. The lowest BCUT2D eigenvalue weighted by atomic mass is 10.2. The summed E-state index contributed by atoms with van der Waals surface area (Å²) in [6, 6.07) is 9.73. The number of aliphatic carboxylic acids is 1. The van der Waals surface area contributed by atoms with Crippen LogP contribution in [-0.2, 0) is 24.9 Å². The van der Waals surface area contributed by atoms with Crippen LogP contribution in [0.2, 0.25) is 0 Å². The summed E-state index contributed by atoms with van der Waals surface area (Å²) in [5.74, 6) is -0.834. The average molecular weight is 338 g/mol. The van der Waals surface area contributed by atoms with E-state index in [4.69, 9.17) is 5.11 Å². The third-order valence-electron chi connectivity index (χ3n) is 3.02. The summed E-state index contributed by atoms with van der Waals surface area (Å²) in [5, 5.41) is 13.2. The van der Waals surface area contributed by atoms with Gasteiger partial charge in [-0.3, -0.25) is 14.4 Å². The molecule has 0 aliphatic rings. The number of halogens is 1. The highest BCUT2D eigenvalue weighted by Gasteiger charge is 2.14. The highest BCUT2D eigenvalue weighted by atomic mass is 79.9. The number of carboxylic acid groups (broad SMARTS) is 1. The average Bonchev–Trinajstić information content (AvgIpc) is 2.77. The number of hydrogen-bond donors (Lipinski definition) is 1. The van der Waals surface area contributed by atoms with Gasteiger partial charge in [-0.25, -0.2) is 0 Å². The van der Waals surface area contributed by atoms with Crippen LogP contribution in [0.1, 0.15) is 11.3 Å². The van der Waals surface area contributed by atoms with Gasteiger partial charge < -0.3 is 5.11 Å². The molecule has 0 aliphatic carbocycles. The molecule has 0 saturated carbocycles. The summed E-state index contributed by atoms with van der Waals surface area (Å²) >= 11 is 3.49. The molecular formula is C14H16BrN3O2. The Bertz CT molecular complexity index is 598. The summed E-state index contributed by atoms with van der Waals surface area (Å²) in [7, 11) is 1.85. The van der Waals surface area contributed by atoms with Gasteiger partial charge in [-0.2, -0.15) is 5.10 Å². The second-order valence-electron chi connectivity index (χ2n) is 4.58. The minimum atomic E-state index is -0.834. The van der Waals surface area contributed by atoms with Crippen molar-refractivity contribution in [3.05, 3.63) is 52.3 Å². The predicted molar refractivity (Wildman–Crippen MR) is 79.1 cm³/mol. The zero-order valence-electron chi connectivity index (χ0n) is 11.2. The minimum Gasteiger partial charge on any atom is -0.480 e. The van der Waals surface area contributed by atoms with E-state index < -0.39 is 5.97 Å². The van der Waals surface area contributed by atoms with Crippen molar-refractivity contribution in [1.29, 1.82) is 0 Å². The molecule has 0 spiro atoms. The molecule has 106 valence electrons. The van der Waals surface area contributed by atoms with E-state index >= 15 is 0 Å². The smallest absolute Gasteiger partial charge is 0.317 e. The van der Waals surface area contributed by atoms with Crippen molar-refractivity contribution in [2.45, 2.75) is 13.1 Å². The molecule has 0 bridgehead atoms. The molecule has 2 rings (SSSR count). The maximum absolute atomic E-state index is 11.0. The van der Waals surface area contributed by atoms with E-state index in [1.54, 1.807) is 10.9 Å². The molecule has 0 radical (unpaired) electrons. The highest BCUT2D eigenvalue weighted by Crippen LogP contribution is 2.18. The Morgan fingerprint density at radius 3 is 2.70 bits per heavy atom. The SMILES string of the molecule is Cn1nccc1CN(CC(=O)O)Cc1ccccc1Br. The van der Waals surface area contributed by atoms with Crippen LogP contribution in [-0.4, -0.2) is 32.3 Å². The second kappa shape index (κ2) is 6.67. The first-order valence-corrected chi connectivity index (χ1v) is 7.00. The second-order valence-corrected chi connectivity index (χ2v) is 5.43. The quantitative estimate of drug-likeness (QED) is 0.878. The Labute approximate surface area is 126 Å². The van der Waals surface area contributed by atoms with Crippen molar-refractivity contribution in [1.82, 2.24) is 14.7 Å². The Morgan fingerprint density at radius 1 is 1.35 bits per heavy atom. The van der Waals surface area contributed by atoms with Crippen LogP contribution in [0.4, 0.5) is 0 Å². The molecule has 20 heavy (non-hydrogen) atoms. The molecule has 0 unspecified atom stereocenters. The van der Waals surface area contributed by atoms with Crippen molar-refractivity contribution in [3.8, 4) is 0 Å². The Balaban J connectivity index is 2.14. The first-order valence-electron chi connectivity index (χ1n) is 6.20. The van der Waals surface area contributed by atoms with Crippen molar-refractivity contribution in [2.75, 3.05) is 6.54 Å². The summed E-state index contributed by atoms with van der Waals surface area (Å²) < 4.78 is 2.75. The topological polar surface area (TPSA) is 58.4 Å². The van der Waals surface area contributed by atoms with Gasteiger partial charge in [0.15, 0.2) is 0 Å². The Morgan fingerprint density at radius 2 is 2.10 bits per heavy atom. The fourth-order valence-electron chi connectivity index (χ4n) is 2.01.